The van der Waals surface area contributed by atoms with Crippen LogP contribution in [0.2, 0.25) is 0 Å². The Balaban J connectivity index is 1.46. The van der Waals surface area contributed by atoms with E-state index in [1.54, 1.807) is 32.9 Å². The summed E-state index contributed by atoms with van der Waals surface area (Å²) in [7, 11) is 1.15. The van der Waals surface area contributed by atoms with Gasteiger partial charge < -0.3 is 29.9 Å². The summed E-state index contributed by atoms with van der Waals surface area (Å²) < 4.78 is 39.8. The largest absolute Gasteiger partial charge is 0.472 e. The van der Waals surface area contributed by atoms with Crippen molar-refractivity contribution >= 4 is 29.6 Å². The van der Waals surface area contributed by atoms with Crippen LogP contribution in [0.25, 0.3) is 0 Å². The van der Waals surface area contributed by atoms with Gasteiger partial charge in [0, 0.05) is 31.0 Å². The highest BCUT2D eigenvalue weighted by Gasteiger charge is 2.73. The summed E-state index contributed by atoms with van der Waals surface area (Å²) in [5.41, 5.74) is -3.86. The standard InChI is InChI=1S/C27H32F2N6O6/c1-24(2,3)18(32-23(39)40-4)21(37)34-9-7-25(13-27(25,28)29)11-16(34)20(36)35-14-26(10-15(35)12-30)22(38)33-19-17(41-26)6-5-8-31-19/h5-6,8,15-16,18H,7,9-11,13-14H2,1-4H3,(H,32,39)(H,31,33,38)/t15-,16-,18+,25-,26+/m0/s1. The van der Waals surface area contributed by atoms with E-state index in [9.17, 15) is 33.2 Å². The second kappa shape index (κ2) is 9.53. The molecule has 0 radical (unpaired) electrons. The highest BCUT2D eigenvalue weighted by molar-refractivity contribution is 6.01. The molecular weight excluding hydrogens is 542 g/mol. The molecule has 1 aliphatic carbocycles. The predicted octanol–water partition coefficient (Wildman–Crippen LogP) is 2.06. The number of ether oxygens (including phenoxy) is 2. The molecular formula is C27H32F2N6O6. The SMILES string of the molecule is COC(=O)N[C@H](C(=O)N1CC[C@]2(C[C@H]1C(=O)N1C[C@@]3(C[C@H]1C#N)Oc1cccnc1NC3=O)CC2(F)F)C(C)(C)C. The van der Waals surface area contributed by atoms with Crippen molar-refractivity contribution < 1.29 is 37.4 Å². The Morgan fingerprint density at radius 1 is 1.29 bits per heavy atom. The van der Waals surface area contributed by atoms with E-state index >= 15 is 0 Å². The van der Waals surface area contributed by atoms with Gasteiger partial charge in [-0.05, 0) is 30.4 Å². The van der Waals surface area contributed by atoms with Crippen molar-refractivity contribution in [3.8, 4) is 11.8 Å². The van der Waals surface area contributed by atoms with E-state index < -0.39 is 70.7 Å². The van der Waals surface area contributed by atoms with Crippen molar-refractivity contribution in [1.82, 2.24) is 20.1 Å². The third-order valence-electron chi connectivity index (χ3n) is 8.61. The number of alkyl carbamates (subject to hydrolysis) is 1. The Kier molecular flexibility index (Phi) is 6.62. The van der Waals surface area contributed by atoms with Gasteiger partial charge in [0.15, 0.2) is 11.6 Å². The molecule has 14 heteroatoms. The maximum Gasteiger partial charge on any atom is 0.407 e. The van der Waals surface area contributed by atoms with E-state index in [0.717, 1.165) is 12.0 Å². The number of piperidine rings is 1. The Morgan fingerprint density at radius 3 is 2.61 bits per heavy atom. The van der Waals surface area contributed by atoms with Gasteiger partial charge in [-0.1, -0.05) is 20.8 Å². The van der Waals surface area contributed by atoms with Crippen molar-refractivity contribution in [2.75, 3.05) is 25.5 Å². The van der Waals surface area contributed by atoms with E-state index in [1.807, 2.05) is 6.07 Å². The molecule has 5 rings (SSSR count). The number of amides is 4. The molecule has 0 bridgehead atoms. The molecule has 1 aromatic heterocycles. The molecule has 1 aromatic rings. The summed E-state index contributed by atoms with van der Waals surface area (Å²) in [6.45, 7) is 4.67. The molecule has 0 unspecified atom stereocenters. The Bertz CT molecular complexity index is 1340. The zero-order chi connectivity index (χ0) is 30.0. The molecule has 3 aliphatic heterocycles. The third kappa shape index (κ3) is 4.70. The predicted molar refractivity (Wildman–Crippen MR) is 137 cm³/mol. The molecule has 2 saturated heterocycles. The quantitative estimate of drug-likeness (QED) is 0.556. The average Bonchev–Trinajstić information content (AvgIpc) is 3.25. The molecule has 0 aromatic carbocycles. The van der Waals surface area contributed by atoms with Gasteiger partial charge in [-0.3, -0.25) is 14.4 Å². The number of carbonyl (C=O) groups is 4. The number of hydrogen-bond acceptors (Lipinski definition) is 8. The van der Waals surface area contributed by atoms with Gasteiger partial charge >= 0.3 is 6.09 Å². The van der Waals surface area contributed by atoms with E-state index in [2.05, 4.69) is 20.4 Å². The number of methoxy groups -OCH3 is 1. The third-order valence-corrected chi connectivity index (χ3v) is 8.61. The van der Waals surface area contributed by atoms with E-state index in [4.69, 9.17) is 4.74 Å². The van der Waals surface area contributed by atoms with Crippen molar-refractivity contribution in [2.24, 2.45) is 10.8 Å². The van der Waals surface area contributed by atoms with E-state index in [0.29, 0.717) is 0 Å². The Hall–Kier alpha value is -4.02. The van der Waals surface area contributed by atoms with Gasteiger partial charge in [-0.15, -0.1) is 0 Å². The topological polar surface area (TPSA) is 154 Å². The summed E-state index contributed by atoms with van der Waals surface area (Å²) >= 11 is 0. The lowest BCUT2D eigenvalue weighted by molar-refractivity contribution is -0.153. The van der Waals surface area contributed by atoms with Crippen LogP contribution in [-0.2, 0) is 19.1 Å². The molecule has 3 fully saturated rings. The fraction of sp³-hybridized carbons (Fsp3) is 0.630. The molecule has 4 aliphatic rings. The number of likely N-dealkylation sites (tertiary alicyclic amines) is 2. The monoisotopic (exact) mass is 574 g/mol. The lowest BCUT2D eigenvalue weighted by atomic mass is 9.82. The first-order valence-corrected chi connectivity index (χ1v) is 13.4. The molecule has 2 N–H and O–H groups in total. The Labute approximate surface area is 235 Å². The highest BCUT2D eigenvalue weighted by Crippen LogP contribution is 2.67. The van der Waals surface area contributed by atoms with Crippen LogP contribution in [0.1, 0.15) is 46.5 Å². The number of nitriles is 1. The van der Waals surface area contributed by atoms with Gasteiger partial charge in [0.2, 0.25) is 17.4 Å². The molecule has 12 nitrogen and oxygen atoms in total. The minimum Gasteiger partial charge on any atom is -0.472 e. The van der Waals surface area contributed by atoms with Crippen LogP contribution in [0, 0.1) is 22.2 Å². The maximum absolute atomic E-state index is 14.6. The van der Waals surface area contributed by atoms with Crippen molar-refractivity contribution in [2.45, 2.75) is 76.1 Å². The van der Waals surface area contributed by atoms with Crippen LogP contribution in [0.15, 0.2) is 18.3 Å². The number of aromatic nitrogens is 1. The first kappa shape index (κ1) is 28.5. The summed E-state index contributed by atoms with van der Waals surface area (Å²) in [5.74, 6) is -4.47. The fourth-order valence-corrected chi connectivity index (χ4v) is 6.12. The van der Waals surface area contributed by atoms with Crippen LogP contribution in [0.3, 0.4) is 0 Å². The van der Waals surface area contributed by atoms with Crippen LogP contribution in [-0.4, -0.2) is 88.4 Å². The number of hydrogen-bond donors (Lipinski definition) is 2. The molecule has 1 saturated carbocycles. The number of alkyl halides is 2. The van der Waals surface area contributed by atoms with Crippen molar-refractivity contribution in [3.63, 3.8) is 0 Å². The minimum atomic E-state index is -2.99. The molecule has 220 valence electrons. The fourth-order valence-electron chi connectivity index (χ4n) is 6.12. The van der Waals surface area contributed by atoms with Crippen LogP contribution in [0.4, 0.5) is 19.4 Å². The number of halogens is 2. The number of nitrogens with zero attached hydrogens (tertiary/aromatic N) is 4. The van der Waals surface area contributed by atoms with Gasteiger partial charge in [0.05, 0.1) is 19.7 Å². The zero-order valence-electron chi connectivity index (χ0n) is 23.2. The lowest BCUT2D eigenvalue weighted by Gasteiger charge is -2.44. The molecule has 5 atom stereocenters. The maximum atomic E-state index is 14.6. The van der Waals surface area contributed by atoms with E-state index in [-0.39, 0.29) is 43.9 Å². The molecule has 2 spiro atoms. The van der Waals surface area contributed by atoms with Gasteiger partial charge in [0.1, 0.15) is 18.1 Å². The molecule has 4 heterocycles. The van der Waals surface area contributed by atoms with Gasteiger partial charge in [0.25, 0.3) is 11.8 Å². The summed E-state index contributed by atoms with van der Waals surface area (Å²) in [6, 6.07) is 1.64. The average molecular weight is 575 g/mol. The first-order chi connectivity index (χ1) is 19.2. The Morgan fingerprint density at radius 2 is 2.00 bits per heavy atom. The zero-order valence-corrected chi connectivity index (χ0v) is 23.2. The first-order valence-electron chi connectivity index (χ1n) is 13.4. The summed E-state index contributed by atoms with van der Waals surface area (Å²) in [4.78, 5) is 59.7. The summed E-state index contributed by atoms with van der Waals surface area (Å²) in [5, 5.41) is 15.1. The smallest absolute Gasteiger partial charge is 0.407 e. The number of anilines is 1. The second-order valence-corrected chi connectivity index (χ2v) is 12.3. The van der Waals surface area contributed by atoms with Crippen molar-refractivity contribution in [3.05, 3.63) is 18.3 Å². The lowest BCUT2D eigenvalue weighted by Crippen LogP contribution is -2.62. The van der Waals surface area contributed by atoms with Crippen molar-refractivity contribution in [1.29, 1.82) is 5.26 Å². The van der Waals surface area contributed by atoms with E-state index in [1.165, 1.54) is 11.1 Å². The normalized spacial score (nSPS) is 30.5. The molecule has 41 heavy (non-hydrogen) atoms. The number of nitrogens with one attached hydrogen (secondary N) is 2. The number of pyridine rings is 1. The number of fused-ring (bicyclic) bond motifs is 1. The van der Waals surface area contributed by atoms with Crippen LogP contribution >= 0.6 is 0 Å². The van der Waals surface area contributed by atoms with Crippen LogP contribution < -0.4 is 15.4 Å². The summed E-state index contributed by atoms with van der Waals surface area (Å²) in [6.07, 6.45) is -0.292. The molecule has 4 amide bonds. The van der Waals surface area contributed by atoms with Gasteiger partial charge in [-0.25, -0.2) is 18.6 Å². The second-order valence-electron chi connectivity index (χ2n) is 12.3. The number of rotatable bonds is 3. The van der Waals surface area contributed by atoms with Gasteiger partial charge in [-0.2, -0.15) is 5.26 Å². The van der Waals surface area contributed by atoms with Crippen LogP contribution in [0.5, 0.6) is 5.75 Å². The minimum absolute atomic E-state index is 0.0223. The number of carbonyl (C=O) groups excluding carboxylic acids is 4. The highest BCUT2D eigenvalue weighted by atomic mass is 19.3.